The van der Waals surface area contributed by atoms with Crippen molar-refractivity contribution >= 4 is 55.6 Å². The van der Waals surface area contributed by atoms with Crippen LogP contribution in [0.2, 0.25) is 10.0 Å². The van der Waals surface area contributed by atoms with Gasteiger partial charge in [0.15, 0.2) is 0 Å². The summed E-state index contributed by atoms with van der Waals surface area (Å²) in [5, 5.41) is 5.45. The Kier molecular flexibility index (Phi) is 6.13. The summed E-state index contributed by atoms with van der Waals surface area (Å²) in [6, 6.07) is 18.1. The summed E-state index contributed by atoms with van der Waals surface area (Å²) in [6.07, 6.45) is 1.03. The molecule has 0 heterocycles. The van der Waals surface area contributed by atoms with Gasteiger partial charge in [0.05, 0.1) is 11.9 Å². The minimum Gasteiger partial charge on any atom is -0.350 e. The second kappa shape index (κ2) is 8.39. The number of sulfonamides is 1. The number of hydrogen-bond acceptors (Lipinski definition) is 3. The second-order valence-electron chi connectivity index (χ2n) is 6.31. The molecule has 0 aliphatic rings. The largest absolute Gasteiger partial charge is 0.350 e. The normalized spacial score (nSPS) is 11.4. The molecule has 5 nitrogen and oxygen atoms in total. The minimum absolute atomic E-state index is 0.236. The lowest BCUT2D eigenvalue weighted by Gasteiger charge is -2.22. The van der Waals surface area contributed by atoms with Crippen molar-refractivity contribution in [3.8, 4) is 0 Å². The van der Waals surface area contributed by atoms with Crippen LogP contribution < -0.4 is 9.62 Å². The molecule has 1 amide bonds. The third-order valence-electron chi connectivity index (χ3n) is 4.18. The lowest BCUT2D eigenvalue weighted by atomic mass is 10.0. The van der Waals surface area contributed by atoms with Crippen LogP contribution in [0.4, 0.5) is 5.69 Å². The maximum absolute atomic E-state index is 12.5. The van der Waals surface area contributed by atoms with Gasteiger partial charge in [0.1, 0.15) is 6.54 Å². The molecule has 0 atom stereocenters. The number of fused-ring (bicyclic) bond motifs is 1. The van der Waals surface area contributed by atoms with E-state index in [9.17, 15) is 13.2 Å². The van der Waals surface area contributed by atoms with Crippen LogP contribution in [0.25, 0.3) is 10.8 Å². The second-order valence-corrected chi connectivity index (χ2v) is 9.09. The van der Waals surface area contributed by atoms with E-state index in [1.165, 1.54) is 18.2 Å². The van der Waals surface area contributed by atoms with Gasteiger partial charge in [-0.25, -0.2) is 8.42 Å². The first-order valence-corrected chi connectivity index (χ1v) is 11.0. The van der Waals surface area contributed by atoms with Crippen molar-refractivity contribution in [2.75, 3.05) is 17.1 Å². The molecule has 0 aromatic heterocycles. The van der Waals surface area contributed by atoms with Gasteiger partial charge < -0.3 is 5.32 Å². The fraction of sp³-hybridized carbons (Fsp3) is 0.150. The minimum atomic E-state index is -3.71. The Morgan fingerprint density at radius 1 is 1.00 bits per heavy atom. The fourth-order valence-electron chi connectivity index (χ4n) is 2.91. The number of hydrogen-bond donors (Lipinski definition) is 1. The predicted molar refractivity (Wildman–Crippen MR) is 114 cm³/mol. The quantitative estimate of drug-likeness (QED) is 0.628. The van der Waals surface area contributed by atoms with Gasteiger partial charge in [-0.2, -0.15) is 0 Å². The molecule has 0 aliphatic heterocycles. The molecule has 1 N–H and O–H groups in total. The van der Waals surface area contributed by atoms with E-state index in [-0.39, 0.29) is 28.8 Å². The molecule has 8 heteroatoms. The Morgan fingerprint density at radius 2 is 1.64 bits per heavy atom. The van der Waals surface area contributed by atoms with Gasteiger partial charge >= 0.3 is 0 Å². The number of nitrogens with zero attached hydrogens (tertiary/aromatic N) is 1. The van der Waals surface area contributed by atoms with Gasteiger partial charge in [-0.3, -0.25) is 9.10 Å². The SMILES string of the molecule is CS(=O)(=O)N(CC(=O)NCc1cccc2ccccc12)c1cc(Cl)cc(Cl)c1. The van der Waals surface area contributed by atoms with Crippen LogP contribution in [0.5, 0.6) is 0 Å². The summed E-state index contributed by atoms with van der Waals surface area (Å²) in [5.41, 5.74) is 1.18. The predicted octanol–water partition coefficient (Wildman–Crippen LogP) is 4.23. The molecule has 146 valence electrons. The van der Waals surface area contributed by atoms with E-state index in [0.29, 0.717) is 0 Å². The van der Waals surface area contributed by atoms with Crippen molar-refractivity contribution in [2.24, 2.45) is 0 Å². The van der Waals surface area contributed by atoms with Crippen molar-refractivity contribution in [3.63, 3.8) is 0 Å². The lowest BCUT2D eigenvalue weighted by Crippen LogP contribution is -2.40. The van der Waals surface area contributed by atoms with E-state index in [4.69, 9.17) is 23.2 Å². The molecule has 0 saturated carbocycles. The lowest BCUT2D eigenvalue weighted by molar-refractivity contribution is -0.119. The number of halogens is 2. The zero-order valence-corrected chi connectivity index (χ0v) is 17.4. The summed E-state index contributed by atoms with van der Waals surface area (Å²) in [6.45, 7) is -0.0889. The molecule has 0 spiro atoms. The molecule has 3 aromatic carbocycles. The van der Waals surface area contributed by atoms with E-state index in [0.717, 1.165) is 26.9 Å². The third kappa shape index (κ3) is 4.95. The van der Waals surface area contributed by atoms with Crippen LogP contribution in [0.15, 0.2) is 60.7 Å². The zero-order valence-electron chi connectivity index (χ0n) is 15.0. The highest BCUT2D eigenvalue weighted by atomic mass is 35.5. The molecule has 0 saturated heterocycles. The number of amides is 1. The highest BCUT2D eigenvalue weighted by Gasteiger charge is 2.21. The van der Waals surface area contributed by atoms with Crippen LogP contribution in [-0.2, 0) is 21.4 Å². The van der Waals surface area contributed by atoms with Gasteiger partial charge in [0.25, 0.3) is 0 Å². The molecule has 0 radical (unpaired) electrons. The summed E-state index contributed by atoms with van der Waals surface area (Å²) in [5.74, 6) is -0.436. The van der Waals surface area contributed by atoms with Crippen molar-refractivity contribution in [1.29, 1.82) is 0 Å². The Balaban J connectivity index is 1.77. The average Bonchev–Trinajstić information content (AvgIpc) is 2.62. The maximum Gasteiger partial charge on any atom is 0.241 e. The van der Waals surface area contributed by atoms with E-state index in [1.54, 1.807) is 0 Å². The van der Waals surface area contributed by atoms with Crippen molar-refractivity contribution in [1.82, 2.24) is 5.32 Å². The third-order valence-corrected chi connectivity index (χ3v) is 5.76. The Bertz CT molecular complexity index is 1110. The standard InChI is InChI=1S/C20H18Cl2N2O3S/c1-28(26,27)24(18-10-16(21)9-17(22)11-18)13-20(25)23-12-15-7-4-6-14-5-2-3-8-19(14)15/h2-11H,12-13H2,1H3,(H,23,25). The van der Waals surface area contributed by atoms with E-state index >= 15 is 0 Å². The number of rotatable bonds is 6. The van der Waals surface area contributed by atoms with Crippen LogP contribution in [0.1, 0.15) is 5.56 Å². The van der Waals surface area contributed by atoms with Crippen LogP contribution in [-0.4, -0.2) is 27.1 Å². The molecular formula is C20H18Cl2N2O3S. The van der Waals surface area contributed by atoms with Gasteiger partial charge in [0.2, 0.25) is 15.9 Å². The number of carbonyl (C=O) groups is 1. The highest BCUT2D eigenvalue weighted by Crippen LogP contribution is 2.27. The van der Waals surface area contributed by atoms with E-state index in [2.05, 4.69) is 5.32 Å². The smallest absolute Gasteiger partial charge is 0.241 e. The maximum atomic E-state index is 12.5. The molecule has 0 bridgehead atoms. The first-order chi connectivity index (χ1) is 13.2. The van der Waals surface area contributed by atoms with Crippen LogP contribution >= 0.6 is 23.2 Å². The number of carbonyl (C=O) groups excluding carboxylic acids is 1. The average molecular weight is 437 g/mol. The highest BCUT2D eigenvalue weighted by molar-refractivity contribution is 7.92. The first-order valence-electron chi connectivity index (χ1n) is 8.41. The van der Waals surface area contributed by atoms with Crippen LogP contribution in [0, 0.1) is 0 Å². The number of anilines is 1. The van der Waals surface area contributed by atoms with Crippen LogP contribution in [0.3, 0.4) is 0 Å². The number of nitrogens with one attached hydrogen (secondary N) is 1. The van der Waals surface area contributed by atoms with Crippen molar-refractivity contribution < 1.29 is 13.2 Å². The Labute approximate surface area is 173 Å². The van der Waals surface area contributed by atoms with Gasteiger partial charge in [-0.1, -0.05) is 65.7 Å². The van der Waals surface area contributed by atoms with Gasteiger partial charge in [-0.15, -0.1) is 0 Å². The van der Waals surface area contributed by atoms with Gasteiger partial charge in [0, 0.05) is 16.6 Å². The zero-order chi connectivity index (χ0) is 20.3. The molecular weight excluding hydrogens is 419 g/mol. The summed E-state index contributed by atoms with van der Waals surface area (Å²) in [7, 11) is -3.71. The molecule has 0 aliphatic carbocycles. The van der Waals surface area contributed by atoms with E-state index in [1.807, 2.05) is 42.5 Å². The van der Waals surface area contributed by atoms with E-state index < -0.39 is 15.9 Å². The molecule has 0 fully saturated rings. The fourth-order valence-corrected chi connectivity index (χ4v) is 4.26. The summed E-state index contributed by atoms with van der Waals surface area (Å²) >= 11 is 11.9. The molecule has 3 rings (SSSR count). The summed E-state index contributed by atoms with van der Waals surface area (Å²) in [4.78, 5) is 12.5. The topological polar surface area (TPSA) is 66.5 Å². The van der Waals surface area contributed by atoms with Crippen molar-refractivity contribution in [3.05, 3.63) is 76.3 Å². The summed E-state index contributed by atoms with van der Waals surface area (Å²) < 4.78 is 25.4. The van der Waals surface area contributed by atoms with Crippen molar-refractivity contribution in [2.45, 2.75) is 6.54 Å². The monoisotopic (exact) mass is 436 g/mol. The number of benzene rings is 3. The first kappa shape index (κ1) is 20.5. The molecule has 0 unspecified atom stereocenters. The molecule has 3 aromatic rings. The molecule has 28 heavy (non-hydrogen) atoms. The van der Waals surface area contributed by atoms with Gasteiger partial charge in [-0.05, 0) is 34.5 Å². The Morgan fingerprint density at radius 3 is 2.32 bits per heavy atom. The Hall–Kier alpha value is -2.28.